The van der Waals surface area contributed by atoms with Gasteiger partial charge in [0.1, 0.15) is 24.0 Å². The molecule has 0 aromatic heterocycles. The Bertz CT molecular complexity index is 1320. The van der Waals surface area contributed by atoms with Gasteiger partial charge in [-0.3, -0.25) is 0 Å². The number of nitrogens with one attached hydrogen (secondary N) is 1. The second-order valence-corrected chi connectivity index (χ2v) is 9.29. The van der Waals surface area contributed by atoms with Crippen LogP contribution in [0, 0.1) is 0 Å². The van der Waals surface area contributed by atoms with E-state index in [1.807, 2.05) is 48.5 Å². The van der Waals surface area contributed by atoms with Gasteiger partial charge in [0.15, 0.2) is 0 Å². The first-order valence-electron chi connectivity index (χ1n) is 11.6. The van der Waals surface area contributed by atoms with Gasteiger partial charge >= 0.3 is 18.0 Å². The smallest absolute Gasteiger partial charge is 0.407 e. The summed E-state index contributed by atoms with van der Waals surface area (Å²) in [4.78, 5) is 36.7. The minimum atomic E-state index is -1.23. The monoisotopic (exact) mass is 487 g/mol. The fourth-order valence-electron chi connectivity index (χ4n) is 4.73. The summed E-state index contributed by atoms with van der Waals surface area (Å²) >= 11 is 0. The summed E-state index contributed by atoms with van der Waals surface area (Å²) in [7, 11) is 0. The SMILES string of the molecule is CC1(C)OC(=O)c2ccc(C[C@H](NC(=O)OCC3c4ccccc4-c4ccccc43)C(=O)O)cc2O1. The molecule has 3 aromatic carbocycles. The number of alkyl carbamates (subject to hydrolysis) is 1. The summed E-state index contributed by atoms with van der Waals surface area (Å²) in [5.41, 5.74) is 5.17. The Balaban J connectivity index is 1.26. The number of ether oxygens (including phenoxy) is 3. The summed E-state index contributed by atoms with van der Waals surface area (Å²) in [6.45, 7) is 3.30. The molecular formula is C28H25NO7. The number of hydrogen-bond donors (Lipinski definition) is 2. The highest BCUT2D eigenvalue weighted by Gasteiger charge is 2.34. The van der Waals surface area contributed by atoms with Crippen LogP contribution in [0.4, 0.5) is 4.79 Å². The van der Waals surface area contributed by atoms with E-state index in [1.54, 1.807) is 26.0 Å². The Morgan fingerprint density at radius 2 is 1.61 bits per heavy atom. The van der Waals surface area contributed by atoms with Crippen molar-refractivity contribution in [2.75, 3.05) is 6.61 Å². The Kier molecular flexibility index (Phi) is 5.88. The Hall–Kier alpha value is -4.33. The average molecular weight is 488 g/mol. The number of fused-ring (bicyclic) bond motifs is 4. The minimum absolute atomic E-state index is 0.0222. The van der Waals surface area contributed by atoms with Gasteiger partial charge in [0, 0.05) is 26.2 Å². The quantitative estimate of drug-likeness (QED) is 0.492. The van der Waals surface area contributed by atoms with E-state index in [4.69, 9.17) is 14.2 Å². The summed E-state index contributed by atoms with van der Waals surface area (Å²) in [6.07, 6.45) is -0.839. The van der Waals surface area contributed by atoms with Crippen molar-refractivity contribution in [3.63, 3.8) is 0 Å². The molecule has 8 heteroatoms. The zero-order valence-electron chi connectivity index (χ0n) is 19.8. The molecule has 3 aromatic rings. The third kappa shape index (κ3) is 4.49. The number of carbonyl (C=O) groups excluding carboxylic acids is 2. The number of carboxylic acid groups (broad SMARTS) is 1. The van der Waals surface area contributed by atoms with E-state index in [0.717, 1.165) is 22.3 Å². The minimum Gasteiger partial charge on any atom is -0.480 e. The normalized spacial score (nSPS) is 16.0. The molecule has 0 spiro atoms. The second kappa shape index (κ2) is 9.03. The van der Waals surface area contributed by atoms with Crippen molar-refractivity contribution in [2.24, 2.45) is 0 Å². The molecule has 0 radical (unpaired) electrons. The second-order valence-electron chi connectivity index (χ2n) is 9.29. The highest BCUT2D eigenvalue weighted by molar-refractivity contribution is 5.93. The van der Waals surface area contributed by atoms with Crippen LogP contribution >= 0.6 is 0 Å². The fourth-order valence-corrected chi connectivity index (χ4v) is 4.73. The van der Waals surface area contributed by atoms with Crippen LogP contribution in [-0.2, 0) is 20.7 Å². The average Bonchev–Trinajstić information content (AvgIpc) is 3.15. The molecule has 1 atom stereocenters. The number of amides is 1. The molecule has 184 valence electrons. The lowest BCUT2D eigenvalue weighted by Crippen LogP contribution is -2.43. The van der Waals surface area contributed by atoms with E-state index in [0.29, 0.717) is 11.3 Å². The first-order chi connectivity index (χ1) is 17.2. The molecule has 1 heterocycles. The van der Waals surface area contributed by atoms with Gasteiger partial charge in [0.25, 0.3) is 0 Å². The molecule has 0 unspecified atom stereocenters. The van der Waals surface area contributed by atoms with Crippen molar-refractivity contribution < 1.29 is 33.7 Å². The molecule has 0 saturated heterocycles. The van der Waals surface area contributed by atoms with Crippen LogP contribution in [-0.4, -0.2) is 41.6 Å². The summed E-state index contributed by atoms with van der Waals surface area (Å²) < 4.78 is 16.4. The van der Waals surface area contributed by atoms with E-state index in [1.165, 1.54) is 6.07 Å². The predicted octanol–water partition coefficient (Wildman–Crippen LogP) is 4.51. The highest BCUT2D eigenvalue weighted by atomic mass is 16.7. The lowest BCUT2D eigenvalue weighted by molar-refractivity contribution is -0.139. The van der Waals surface area contributed by atoms with Crippen LogP contribution in [0.15, 0.2) is 66.7 Å². The molecule has 1 amide bonds. The van der Waals surface area contributed by atoms with Crippen molar-refractivity contribution in [3.8, 4) is 16.9 Å². The van der Waals surface area contributed by atoms with Gasteiger partial charge in [0.05, 0.1) is 0 Å². The summed E-state index contributed by atoms with van der Waals surface area (Å²) in [5, 5.41) is 12.2. The van der Waals surface area contributed by atoms with Crippen molar-refractivity contribution in [1.29, 1.82) is 0 Å². The van der Waals surface area contributed by atoms with E-state index >= 15 is 0 Å². The van der Waals surface area contributed by atoms with Crippen molar-refractivity contribution in [2.45, 2.75) is 38.0 Å². The lowest BCUT2D eigenvalue weighted by Gasteiger charge is -2.31. The van der Waals surface area contributed by atoms with Gasteiger partial charge in [-0.1, -0.05) is 54.6 Å². The summed E-state index contributed by atoms with van der Waals surface area (Å²) in [5.74, 6) is -2.68. The molecule has 2 N–H and O–H groups in total. The van der Waals surface area contributed by atoms with Crippen LogP contribution in [0.1, 0.15) is 46.8 Å². The van der Waals surface area contributed by atoms with Gasteiger partial charge < -0.3 is 24.6 Å². The Morgan fingerprint density at radius 1 is 0.972 bits per heavy atom. The molecule has 1 aliphatic carbocycles. The number of carboxylic acids is 1. The fraction of sp³-hybridized carbons (Fsp3) is 0.250. The highest BCUT2D eigenvalue weighted by Crippen LogP contribution is 2.44. The topological polar surface area (TPSA) is 111 Å². The zero-order valence-corrected chi connectivity index (χ0v) is 19.8. The lowest BCUT2D eigenvalue weighted by atomic mass is 9.98. The molecule has 0 fully saturated rings. The van der Waals surface area contributed by atoms with Gasteiger partial charge in [-0.2, -0.15) is 0 Å². The van der Waals surface area contributed by atoms with E-state index in [-0.39, 0.29) is 24.5 Å². The van der Waals surface area contributed by atoms with E-state index < -0.39 is 29.9 Å². The van der Waals surface area contributed by atoms with Crippen molar-refractivity contribution in [1.82, 2.24) is 5.32 Å². The largest absolute Gasteiger partial charge is 0.480 e. The van der Waals surface area contributed by atoms with E-state index in [9.17, 15) is 19.5 Å². The van der Waals surface area contributed by atoms with Gasteiger partial charge in [-0.15, -0.1) is 0 Å². The third-order valence-corrected chi connectivity index (χ3v) is 6.33. The number of carbonyl (C=O) groups is 3. The molecule has 8 nitrogen and oxygen atoms in total. The van der Waals surface area contributed by atoms with Gasteiger partial charge in [-0.05, 0) is 39.9 Å². The third-order valence-electron chi connectivity index (χ3n) is 6.33. The van der Waals surface area contributed by atoms with Crippen LogP contribution in [0.5, 0.6) is 5.75 Å². The summed E-state index contributed by atoms with van der Waals surface area (Å²) in [6, 6.07) is 19.4. The molecular weight excluding hydrogens is 462 g/mol. The number of benzene rings is 3. The number of hydrogen-bond acceptors (Lipinski definition) is 6. The zero-order chi connectivity index (χ0) is 25.4. The van der Waals surface area contributed by atoms with Gasteiger partial charge in [0.2, 0.25) is 5.79 Å². The van der Waals surface area contributed by atoms with Crippen LogP contribution in [0.25, 0.3) is 11.1 Å². The molecule has 1 aliphatic heterocycles. The molecule has 0 saturated carbocycles. The first-order valence-corrected chi connectivity index (χ1v) is 11.6. The molecule has 2 aliphatic rings. The number of esters is 1. The number of cyclic esters (lactones) is 1. The van der Waals surface area contributed by atoms with Crippen LogP contribution in [0.2, 0.25) is 0 Å². The van der Waals surface area contributed by atoms with Crippen LogP contribution in [0.3, 0.4) is 0 Å². The molecule has 0 bridgehead atoms. The van der Waals surface area contributed by atoms with Crippen molar-refractivity contribution >= 4 is 18.0 Å². The van der Waals surface area contributed by atoms with Gasteiger partial charge in [-0.25, -0.2) is 14.4 Å². The van der Waals surface area contributed by atoms with Crippen molar-refractivity contribution in [3.05, 3.63) is 89.0 Å². The maximum absolute atomic E-state index is 12.6. The maximum atomic E-state index is 12.6. The predicted molar refractivity (Wildman–Crippen MR) is 130 cm³/mol. The standard InChI is InChI=1S/C28H25NO7/c1-28(2)35-24-14-16(11-12-21(24)26(32)36-28)13-23(25(30)31)29-27(33)34-15-22-19-9-5-3-7-17(19)18-8-4-6-10-20(18)22/h3-12,14,22-23H,13,15H2,1-2H3,(H,29,33)(H,30,31)/t23-/m0/s1. The maximum Gasteiger partial charge on any atom is 0.407 e. The number of rotatable bonds is 6. The van der Waals surface area contributed by atoms with Crippen LogP contribution < -0.4 is 10.1 Å². The Morgan fingerprint density at radius 3 is 2.25 bits per heavy atom. The molecule has 5 rings (SSSR count). The molecule has 36 heavy (non-hydrogen) atoms. The number of aliphatic carboxylic acids is 1. The first kappa shape index (κ1) is 23.4. The Labute approximate surface area is 207 Å². The van der Waals surface area contributed by atoms with E-state index in [2.05, 4.69) is 5.32 Å².